The Kier molecular flexibility index (Phi) is 4.18. The molecule has 0 fully saturated rings. The fourth-order valence-electron chi connectivity index (χ4n) is 1.48. The first kappa shape index (κ1) is 14.4. The first-order valence-corrected chi connectivity index (χ1v) is 8.08. The molecule has 0 heterocycles. The van der Waals surface area contributed by atoms with Crippen LogP contribution in [0.5, 0.6) is 0 Å². The lowest BCUT2D eigenvalue weighted by Crippen LogP contribution is -2.12. The lowest BCUT2D eigenvalue weighted by atomic mass is 10.2. The van der Waals surface area contributed by atoms with Gasteiger partial charge < -0.3 is 0 Å². The van der Waals surface area contributed by atoms with E-state index in [0.717, 1.165) is 10.0 Å². The molecule has 2 rings (SSSR count). The summed E-state index contributed by atoms with van der Waals surface area (Å²) in [7, 11) is -3.59. The van der Waals surface area contributed by atoms with Crippen LogP contribution in [0.1, 0.15) is 5.56 Å². The van der Waals surface area contributed by atoms with E-state index in [1.165, 1.54) is 12.1 Å². The molecule has 0 saturated heterocycles. The predicted molar refractivity (Wildman–Crippen MR) is 81.1 cm³/mol. The second-order valence-corrected chi connectivity index (χ2v) is 7.00. The van der Waals surface area contributed by atoms with Crippen molar-refractivity contribution < 1.29 is 8.42 Å². The maximum absolute atomic E-state index is 12.1. The van der Waals surface area contributed by atoms with E-state index >= 15 is 0 Å². The van der Waals surface area contributed by atoms with E-state index in [2.05, 4.69) is 20.7 Å². The van der Waals surface area contributed by atoms with Crippen LogP contribution in [-0.4, -0.2) is 8.42 Å². The highest BCUT2D eigenvalue weighted by Crippen LogP contribution is 2.23. The molecular formula is C13H11BrClNO2S. The zero-order valence-electron chi connectivity index (χ0n) is 10.0. The number of rotatable bonds is 3. The van der Waals surface area contributed by atoms with E-state index in [9.17, 15) is 8.42 Å². The topological polar surface area (TPSA) is 46.2 Å². The van der Waals surface area contributed by atoms with Gasteiger partial charge in [0.1, 0.15) is 0 Å². The predicted octanol–water partition coefficient (Wildman–Crippen LogP) is 4.21. The molecule has 0 radical (unpaired) electrons. The highest BCUT2D eigenvalue weighted by atomic mass is 79.9. The Labute approximate surface area is 125 Å². The van der Waals surface area contributed by atoms with E-state index in [1.54, 1.807) is 24.3 Å². The SMILES string of the molecule is Cc1ccc(NS(=O)(=O)c2ccc(Cl)cc2)cc1Br. The van der Waals surface area contributed by atoms with Crippen LogP contribution in [0.2, 0.25) is 5.02 Å². The second-order valence-electron chi connectivity index (χ2n) is 4.02. The third-order valence-corrected chi connectivity index (χ3v) is 5.05. The van der Waals surface area contributed by atoms with Crippen LogP contribution in [0.15, 0.2) is 51.8 Å². The maximum atomic E-state index is 12.1. The average molecular weight is 361 g/mol. The molecule has 100 valence electrons. The molecule has 0 aliphatic carbocycles. The summed E-state index contributed by atoms with van der Waals surface area (Å²) in [4.78, 5) is 0.175. The van der Waals surface area contributed by atoms with Crippen LogP contribution in [0, 0.1) is 6.92 Å². The Morgan fingerprint density at radius 2 is 1.74 bits per heavy atom. The molecule has 6 heteroatoms. The molecule has 0 aromatic heterocycles. The minimum Gasteiger partial charge on any atom is -0.280 e. The van der Waals surface area contributed by atoms with Gasteiger partial charge in [-0.05, 0) is 48.9 Å². The third-order valence-electron chi connectivity index (χ3n) is 2.55. The van der Waals surface area contributed by atoms with Gasteiger partial charge in [0.25, 0.3) is 10.0 Å². The summed E-state index contributed by atoms with van der Waals surface area (Å²) in [5.74, 6) is 0. The summed E-state index contributed by atoms with van der Waals surface area (Å²) < 4.78 is 27.7. The van der Waals surface area contributed by atoms with Crippen molar-refractivity contribution in [3.8, 4) is 0 Å². The number of benzene rings is 2. The Morgan fingerprint density at radius 3 is 2.32 bits per heavy atom. The summed E-state index contributed by atoms with van der Waals surface area (Å²) in [6.45, 7) is 1.93. The Balaban J connectivity index is 2.30. The largest absolute Gasteiger partial charge is 0.280 e. The fourth-order valence-corrected chi connectivity index (χ4v) is 3.04. The second kappa shape index (κ2) is 5.53. The molecule has 19 heavy (non-hydrogen) atoms. The molecular weight excluding hydrogens is 350 g/mol. The van der Waals surface area contributed by atoms with Crippen molar-refractivity contribution in [1.29, 1.82) is 0 Å². The van der Waals surface area contributed by atoms with Gasteiger partial charge in [-0.25, -0.2) is 8.42 Å². The molecule has 2 aromatic carbocycles. The lowest BCUT2D eigenvalue weighted by molar-refractivity contribution is 0.601. The van der Waals surface area contributed by atoms with Crippen molar-refractivity contribution in [2.24, 2.45) is 0 Å². The highest BCUT2D eigenvalue weighted by Gasteiger charge is 2.14. The normalized spacial score (nSPS) is 11.3. The van der Waals surface area contributed by atoms with Crippen molar-refractivity contribution in [3.63, 3.8) is 0 Å². The molecule has 0 saturated carbocycles. The number of hydrogen-bond acceptors (Lipinski definition) is 2. The summed E-state index contributed by atoms with van der Waals surface area (Å²) in [5.41, 5.74) is 1.54. The standard InChI is InChI=1S/C13H11BrClNO2S/c1-9-2-5-11(8-13(9)14)16-19(17,18)12-6-3-10(15)4-7-12/h2-8,16H,1H3. The smallest absolute Gasteiger partial charge is 0.261 e. The number of halogens is 2. The molecule has 0 aliphatic rings. The van der Waals surface area contributed by atoms with Gasteiger partial charge in [0.05, 0.1) is 4.90 Å². The van der Waals surface area contributed by atoms with E-state index in [4.69, 9.17) is 11.6 Å². The van der Waals surface area contributed by atoms with Gasteiger partial charge in [0, 0.05) is 15.2 Å². The molecule has 0 aliphatic heterocycles. The monoisotopic (exact) mass is 359 g/mol. The van der Waals surface area contributed by atoms with E-state index in [-0.39, 0.29) is 4.90 Å². The zero-order valence-corrected chi connectivity index (χ0v) is 13.2. The van der Waals surface area contributed by atoms with Crippen molar-refractivity contribution in [3.05, 3.63) is 57.5 Å². The van der Waals surface area contributed by atoms with Crippen LogP contribution in [0.4, 0.5) is 5.69 Å². The zero-order chi connectivity index (χ0) is 14.0. The maximum Gasteiger partial charge on any atom is 0.261 e. The molecule has 0 unspecified atom stereocenters. The van der Waals surface area contributed by atoms with Crippen molar-refractivity contribution >= 4 is 43.2 Å². The molecule has 1 N–H and O–H groups in total. The number of nitrogens with one attached hydrogen (secondary N) is 1. The molecule has 0 amide bonds. The summed E-state index contributed by atoms with van der Waals surface area (Å²) in [5, 5.41) is 0.497. The number of anilines is 1. The van der Waals surface area contributed by atoms with E-state index in [1.807, 2.05) is 13.0 Å². The molecule has 0 bridgehead atoms. The first-order chi connectivity index (χ1) is 8.88. The van der Waals surface area contributed by atoms with Crippen molar-refractivity contribution in [2.45, 2.75) is 11.8 Å². The Morgan fingerprint density at radius 1 is 1.11 bits per heavy atom. The van der Waals surface area contributed by atoms with Crippen LogP contribution in [0.25, 0.3) is 0 Å². The van der Waals surface area contributed by atoms with Gasteiger partial charge in [0.2, 0.25) is 0 Å². The number of sulfonamides is 1. The first-order valence-electron chi connectivity index (χ1n) is 5.43. The van der Waals surface area contributed by atoms with Crippen LogP contribution in [-0.2, 0) is 10.0 Å². The molecule has 3 nitrogen and oxygen atoms in total. The Bertz CT molecular complexity index is 699. The van der Waals surface area contributed by atoms with Crippen LogP contribution >= 0.6 is 27.5 Å². The lowest BCUT2D eigenvalue weighted by Gasteiger charge is -2.09. The third kappa shape index (κ3) is 3.49. The fraction of sp³-hybridized carbons (Fsp3) is 0.0769. The van der Waals surface area contributed by atoms with Crippen molar-refractivity contribution in [2.75, 3.05) is 4.72 Å². The van der Waals surface area contributed by atoms with Crippen LogP contribution < -0.4 is 4.72 Å². The molecule has 0 spiro atoms. The van der Waals surface area contributed by atoms with Gasteiger partial charge in [-0.3, -0.25) is 4.72 Å². The van der Waals surface area contributed by atoms with E-state index < -0.39 is 10.0 Å². The van der Waals surface area contributed by atoms with Gasteiger partial charge in [0.15, 0.2) is 0 Å². The Hall–Kier alpha value is -1.04. The highest BCUT2D eigenvalue weighted by molar-refractivity contribution is 9.10. The summed E-state index contributed by atoms with van der Waals surface area (Å²) in [6.07, 6.45) is 0. The van der Waals surface area contributed by atoms with Gasteiger partial charge >= 0.3 is 0 Å². The number of hydrogen-bond donors (Lipinski definition) is 1. The van der Waals surface area contributed by atoms with Crippen molar-refractivity contribution in [1.82, 2.24) is 0 Å². The van der Waals surface area contributed by atoms with Gasteiger partial charge in [-0.15, -0.1) is 0 Å². The minimum absolute atomic E-state index is 0.175. The molecule has 0 atom stereocenters. The quantitative estimate of drug-likeness (QED) is 0.891. The van der Waals surface area contributed by atoms with E-state index in [0.29, 0.717) is 10.7 Å². The summed E-state index contributed by atoms with van der Waals surface area (Å²) >= 11 is 9.11. The molecule has 2 aromatic rings. The summed E-state index contributed by atoms with van der Waals surface area (Å²) in [6, 6.07) is 11.3. The number of aryl methyl sites for hydroxylation is 1. The van der Waals surface area contributed by atoms with Crippen LogP contribution in [0.3, 0.4) is 0 Å². The minimum atomic E-state index is -3.59. The average Bonchev–Trinajstić information content (AvgIpc) is 2.34. The van der Waals surface area contributed by atoms with Gasteiger partial charge in [-0.1, -0.05) is 33.6 Å². The van der Waals surface area contributed by atoms with Gasteiger partial charge in [-0.2, -0.15) is 0 Å².